The number of benzene rings is 2. The first-order chi connectivity index (χ1) is 12.1. The number of urea groups is 1. The summed E-state index contributed by atoms with van der Waals surface area (Å²) in [4.78, 5) is 12.9. The number of rotatable bonds is 6. The van der Waals surface area contributed by atoms with Crippen molar-refractivity contribution in [2.24, 2.45) is 10.3 Å². The summed E-state index contributed by atoms with van der Waals surface area (Å²) in [6, 6.07) is 15.1. The number of hydrogen-bond acceptors (Lipinski definition) is 6. The van der Waals surface area contributed by atoms with Gasteiger partial charge in [0.25, 0.3) is 0 Å². The van der Waals surface area contributed by atoms with Gasteiger partial charge in [-0.15, -0.1) is 16.9 Å². The maximum Gasteiger partial charge on any atom is 0.338 e. The second kappa shape index (κ2) is 9.30. The predicted octanol–water partition coefficient (Wildman–Crippen LogP) is 3.70. The monoisotopic (exact) mass is 355 g/mol. The van der Waals surface area contributed by atoms with E-state index in [2.05, 4.69) is 15.7 Å². The summed E-state index contributed by atoms with van der Waals surface area (Å²) in [6.07, 6.45) is 0. The number of carbonyl (C=O) groups is 1. The molecule has 128 valence electrons. The Morgan fingerprint density at radius 1 is 1.24 bits per heavy atom. The first-order valence-corrected chi connectivity index (χ1v) is 8.42. The Labute approximate surface area is 150 Å². The zero-order chi connectivity index (χ0) is 18.1. The van der Waals surface area contributed by atoms with Crippen molar-refractivity contribution in [2.45, 2.75) is 4.90 Å². The molecule has 0 bridgehead atoms. The van der Waals surface area contributed by atoms with E-state index < -0.39 is 0 Å². The summed E-state index contributed by atoms with van der Waals surface area (Å²) in [5.74, 6) is 0.920. The van der Waals surface area contributed by atoms with E-state index in [0.29, 0.717) is 23.5 Å². The largest absolute Gasteiger partial charge is 0.508 e. The molecule has 0 saturated heterocycles. The van der Waals surface area contributed by atoms with Crippen LogP contribution in [0.25, 0.3) is 0 Å². The molecule has 0 unspecified atom stereocenters. The summed E-state index contributed by atoms with van der Waals surface area (Å²) in [7, 11) is 1.51. The van der Waals surface area contributed by atoms with Gasteiger partial charge in [-0.05, 0) is 48.5 Å². The quantitative estimate of drug-likeness (QED) is 0.357. The lowest BCUT2D eigenvalue weighted by Gasteiger charge is -2.11. The molecule has 0 fully saturated rings. The first-order valence-electron chi connectivity index (χ1n) is 7.43. The van der Waals surface area contributed by atoms with Crippen LogP contribution in [0.3, 0.4) is 0 Å². The van der Waals surface area contributed by atoms with Gasteiger partial charge in [0.15, 0.2) is 0 Å². The van der Waals surface area contributed by atoms with Gasteiger partial charge in [-0.1, -0.05) is 5.22 Å². The van der Waals surface area contributed by atoms with Gasteiger partial charge in [0.1, 0.15) is 5.75 Å². The van der Waals surface area contributed by atoms with Crippen molar-refractivity contribution in [2.75, 3.05) is 19.3 Å². The second-order valence-corrected chi connectivity index (χ2v) is 6.11. The Kier molecular flexibility index (Phi) is 6.80. The molecular formula is C17H17N5O2S. The molecule has 0 saturated carbocycles. The molecule has 8 heteroatoms. The van der Waals surface area contributed by atoms with Crippen LogP contribution in [0.4, 0.5) is 10.5 Å². The third-order valence-electron chi connectivity index (χ3n) is 3.07. The van der Waals surface area contributed by atoms with E-state index in [9.17, 15) is 9.90 Å². The Morgan fingerprint density at radius 2 is 1.92 bits per heavy atom. The maximum absolute atomic E-state index is 11.9. The van der Waals surface area contributed by atoms with Gasteiger partial charge in [0, 0.05) is 24.2 Å². The van der Waals surface area contributed by atoms with E-state index in [0.717, 1.165) is 9.90 Å². The van der Waals surface area contributed by atoms with E-state index in [4.69, 9.17) is 5.26 Å². The standard InChI is InChI=1S/C17H17N5O2S/c1-22(21-20-14-4-2-13(12-18)3-5-14)17(24)19-10-11-25-16-8-6-15(23)7-9-16/h2-9,23H,10-11H2,1H3,(H,19,24). The van der Waals surface area contributed by atoms with Crippen molar-refractivity contribution in [1.29, 1.82) is 5.26 Å². The lowest BCUT2D eigenvalue weighted by Crippen LogP contribution is -2.35. The Bertz CT molecular complexity index is 769. The number of amides is 2. The van der Waals surface area contributed by atoms with E-state index in [-0.39, 0.29) is 11.8 Å². The fraction of sp³-hybridized carbons (Fsp3) is 0.176. The molecule has 2 rings (SSSR count). The molecular weight excluding hydrogens is 338 g/mol. The van der Waals surface area contributed by atoms with Gasteiger partial charge >= 0.3 is 6.03 Å². The molecule has 0 aliphatic heterocycles. The van der Waals surface area contributed by atoms with Crippen molar-refractivity contribution in [3.8, 4) is 11.8 Å². The summed E-state index contributed by atoms with van der Waals surface area (Å²) >= 11 is 1.57. The van der Waals surface area contributed by atoms with Gasteiger partial charge in [-0.25, -0.2) is 4.79 Å². The van der Waals surface area contributed by atoms with Crippen LogP contribution in [0.1, 0.15) is 5.56 Å². The first kappa shape index (κ1) is 18.3. The van der Waals surface area contributed by atoms with E-state index in [1.807, 2.05) is 18.2 Å². The number of nitriles is 1. The number of nitrogens with one attached hydrogen (secondary N) is 1. The number of hydrogen-bond donors (Lipinski definition) is 2. The van der Waals surface area contributed by atoms with Crippen molar-refractivity contribution >= 4 is 23.5 Å². The Morgan fingerprint density at radius 3 is 2.56 bits per heavy atom. The van der Waals surface area contributed by atoms with Crippen molar-refractivity contribution in [3.05, 3.63) is 54.1 Å². The molecule has 2 aromatic carbocycles. The predicted molar refractivity (Wildman–Crippen MR) is 95.7 cm³/mol. The zero-order valence-corrected chi connectivity index (χ0v) is 14.4. The average molecular weight is 355 g/mol. The number of carbonyl (C=O) groups excluding carboxylic acids is 1. The molecule has 0 aliphatic rings. The maximum atomic E-state index is 11.9. The third kappa shape index (κ3) is 6.16. The molecule has 25 heavy (non-hydrogen) atoms. The SMILES string of the molecule is CN(N=Nc1ccc(C#N)cc1)C(=O)NCCSc1ccc(O)cc1. The molecule has 0 aromatic heterocycles. The number of phenols is 1. The molecule has 0 spiro atoms. The Balaban J connectivity index is 1.73. The highest BCUT2D eigenvalue weighted by molar-refractivity contribution is 7.99. The van der Waals surface area contributed by atoms with Crippen LogP contribution in [-0.4, -0.2) is 35.5 Å². The van der Waals surface area contributed by atoms with Gasteiger partial charge < -0.3 is 10.4 Å². The van der Waals surface area contributed by atoms with Crippen LogP contribution < -0.4 is 5.32 Å². The third-order valence-corrected chi connectivity index (χ3v) is 4.08. The van der Waals surface area contributed by atoms with Crippen LogP contribution in [0, 0.1) is 11.3 Å². The molecule has 2 N–H and O–H groups in total. The highest BCUT2D eigenvalue weighted by Gasteiger charge is 2.06. The highest BCUT2D eigenvalue weighted by Crippen LogP contribution is 2.20. The lowest BCUT2D eigenvalue weighted by molar-refractivity contribution is 0.208. The average Bonchev–Trinajstić information content (AvgIpc) is 2.65. The fourth-order valence-electron chi connectivity index (χ4n) is 1.75. The number of phenolic OH excluding ortho intramolecular Hbond substituents is 1. The van der Waals surface area contributed by atoms with Crippen molar-refractivity contribution in [3.63, 3.8) is 0 Å². The fourth-order valence-corrected chi connectivity index (χ4v) is 2.51. The van der Waals surface area contributed by atoms with Gasteiger partial charge in [-0.3, -0.25) is 0 Å². The summed E-state index contributed by atoms with van der Waals surface area (Å²) in [5, 5.41) is 29.6. The molecule has 0 radical (unpaired) electrons. The van der Waals surface area contributed by atoms with Crippen molar-refractivity contribution < 1.29 is 9.90 Å². The zero-order valence-electron chi connectivity index (χ0n) is 13.6. The van der Waals surface area contributed by atoms with E-state index >= 15 is 0 Å². The molecule has 7 nitrogen and oxygen atoms in total. The Hall–Kier alpha value is -3.05. The normalized spacial score (nSPS) is 10.4. The lowest BCUT2D eigenvalue weighted by atomic mass is 10.2. The van der Waals surface area contributed by atoms with Crippen LogP contribution in [0.5, 0.6) is 5.75 Å². The van der Waals surface area contributed by atoms with Crippen molar-refractivity contribution in [1.82, 2.24) is 10.3 Å². The molecule has 0 atom stereocenters. The molecule has 2 amide bonds. The van der Waals surface area contributed by atoms with Crippen LogP contribution >= 0.6 is 11.8 Å². The highest BCUT2D eigenvalue weighted by atomic mass is 32.2. The number of thioether (sulfide) groups is 1. The smallest absolute Gasteiger partial charge is 0.338 e. The number of aromatic hydroxyl groups is 1. The van der Waals surface area contributed by atoms with Gasteiger partial charge in [0.2, 0.25) is 0 Å². The summed E-state index contributed by atoms with van der Waals surface area (Å²) in [5.41, 5.74) is 1.10. The van der Waals surface area contributed by atoms with Crippen LogP contribution in [0.2, 0.25) is 0 Å². The van der Waals surface area contributed by atoms with Crippen LogP contribution in [0.15, 0.2) is 63.8 Å². The molecule has 0 aliphatic carbocycles. The van der Waals surface area contributed by atoms with E-state index in [1.54, 1.807) is 48.2 Å². The second-order valence-electron chi connectivity index (χ2n) is 4.95. The minimum atomic E-state index is -0.358. The van der Waals surface area contributed by atoms with E-state index in [1.165, 1.54) is 7.05 Å². The molecule has 0 heterocycles. The summed E-state index contributed by atoms with van der Waals surface area (Å²) < 4.78 is 0. The van der Waals surface area contributed by atoms with Crippen LogP contribution in [-0.2, 0) is 0 Å². The topological polar surface area (TPSA) is 101 Å². The van der Waals surface area contributed by atoms with Gasteiger partial charge in [0.05, 0.1) is 17.3 Å². The molecule has 2 aromatic rings. The minimum Gasteiger partial charge on any atom is -0.508 e. The minimum absolute atomic E-state index is 0.229. The number of nitrogens with zero attached hydrogens (tertiary/aromatic N) is 4. The van der Waals surface area contributed by atoms with Gasteiger partial charge in [-0.2, -0.15) is 10.3 Å². The summed E-state index contributed by atoms with van der Waals surface area (Å²) in [6.45, 7) is 0.473.